The number of rotatable bonds is 5. The van der Waals surface area contributed by atoms with E-state index in [-0.39, 0.29) is 6.54 Å². The largest absolute Gasteiger partial charge is 0.374 e. The summed E-state index contributed by atoms with van der Waals surface area (Å²) in [5, 5.41) is 0. The highest BCUT2D eigenvalue weighted by molar-refractivity contribution is 7.84. The standard InChI is InChI=1S/C4H11FNO5PS/c1-2-6(13(5,10)11)3-4-12(7,8)9/h2-4H2,1H3,(H2,7,8,9). The summed E-state index contributed by atoms with van der Waals surface area (Å²) in [7, 11) is -9.12. The molecule has 9 heteroatoms. The second-order valence-corrected chi connectivity index (χ2v) is 5.44. The van der Waals surface area contributed by atoms with E-state index >= 15 is 0 Å². The molecule has 0 spiro atoms. The molecule has 6 nitrogen and oxygen atoms in total. The van der Waals surface area contributed by atoms with Gasteiger partial charge in [-0.2, -0.15) is 12.7 Å². The van der Waals surface area contributed by atoms with Gasteiger partial charge in [0, 0.05) is 13.1 Å². The first kappa shape index (κ1) is 13.0. The van der Waals surface area contributed by atoms with Crippen LogP contribution in [0.25, 0.3) is 0 Å². The minimum Gasteiger partial charge on any atom is -0.324 e. The van der Waals surface area contributed by atoms with Gasteiger partial charge in [0.1, 0.15) is 0 Å². The van der Waals surface area contributed by atoms with E-state index in [1.54, 1.807) is 0 Å². The number of nitrogens with zero attached hydrogens (tertiary/aromatic N) is 1. The highest BCUT2D eigenvalue weighted by Crippen LogP contribution is 2.33. The lowest BCUT2D eigenvalue weighted by molar-refractivity contribution is 0.359. The number of hydrogen-bond donors (Lipinski definition) is 2. The van der Waals surface area contributed by atoms with Gasteiger partial charge in [0.05, 0.1) is 6.16 Å². The van der Waals surface area contributed by atoms with Gasteiger partial charge < -0.3 is 9.79 Å². The SMILES string of the molecule is CCN(CCP(=O)(O)O)S(=O)(=O)F. The smallest absolute Gasteiger partial charge is 0.324 e. The van der Waals surface area contributed by atoms with Crippen LogP contribution in [0.3, 0.4) is 0 Å². The first-order valence-electron chi connectivity index (χ1n) is 3.41. The lowest BCUT2D eigenvalue weighted by atomic mass is 10.7. The van der Waals surface area contributed by atoms with Gasteiger partial charge >= 0.3 is 18.0 Å². The fraction of sp³-hybridized carbons (Fsp3) is 1.00. The molecule has 0 aromatic rings. The Morgan fingerprint density at radius 2 is 1.92 bits per heavy atom. The van der Waals surface area contributed by atoms with Gasteiger partial charge in [-0.15, -0.1) is 0 Å². The van der Waals surface area contributed by atoms with Gasteiger partial charge in [-0.1, -0.05) is 10.8 Å². The third-order valence-electron chi connectivity index (χ3n) is 1.30. The summed E-state index contributed by atoms with van der Waals surface area (Å²) in [5.41, 5.74) is 0. The Labute approximate surface area is 75.9 Å². The molecule has 0 bridgehead atoms. The summed E-state index contributed by atoms with van der Waals surface area (Å²) in [5.74, 6) is 0. The molecular weight excluding hydrogens is 224 g/mol. The van der Waals surface area contributed by atoms with Crippen LogP contribution in [-0.2, 0) is 15.0 Å². The second kappa shape index (κ2) is 4.47. The number of hydrogen-bond acceptors (Lipinski definition) is 3. The van der Waals surface area contributed by atoms with Gasteiger partial charge in [-0.05, 0) is 0 Å². The molecule has 0 fully saturated rings. The van der Waals surface area contributed by atoms with E-state index in [1.165, 1.54) is 6.92 Å². The van der Waals surface area contributed by atoms with Crippen LogP contribution >= 0.6 is 7.60 Å². The van der Waals surface area contributed by atoms with Crippen molar-refractivity contribution < 1.29 is 26.7 Å². The fourth-order valence-electron chi connectivity index (χ4n) is 0.663. The average molecular weight is 235 g/mol. The number of halogens is 1. The predicted octanol–water partition coefficient (Wildman–Crippen LogP) is -0.300. The molecule has 0 aromatic heterocycles. The zero-order valence-corrected chi connectivity index (χ0v) is 8.63. The third kappa shape index (κ3) is 6.11. The fourth-order valence-corrected chi connectivity index (χ4v) is 1.92. The van der Waals surface area contributed by atoms with Gasteiger partial charge in [-0.3, -0.25) is 4.57 Å². The maximum absolute atomic E-state index is 12.3. The van der Waals surface area contributed by atoms with E-state index in [0.29, 0.717) is 4.31 Å². The third-order valence-corrected chi connectivity index (χ3v) is 3.14. The van der Waals surface area contributed by atoms with Crippen LogP contribution in [0.15, 0.2) is 0 Å². The molecular formula is C4H11FNO5PS. The Balaban J connectivity index is 4.26. The first-order chi connectivity index (χ1) is 5.67. The maximum Gasteiger partial charge on any atom is 0.374 e. The molecule has 0 unspecified atom stereocenters. The molecule has 0 atom stereocenters. The van der Waals surface area contributed by atoms with Crippen molar-refractivity contribution in [3.63, 3.8) is 0 Å². The molecule has 0 aliphatic carbocycles. The monoisotopic (exact) mass is 235 g/mol. The van der Waals surface area contributed by atoms with Gasteiger partial charge in [-0.25, -0.2) is 0 Å². The van der Waals surface area contributed by atoms with E-state index in [9.17, 15) is 16.9 Å². The lowest BCUT2D eigenvalue weighted by Crippen LogP contribution is -2.30. The van der Waals surface area contributed by atoms with Crippen LogP contribution in [0.2, 0.25) is 0 Å². The van der Waals surface area contributed by atoms with E-state index in [2.05, 4.69) is 0 Å². The van der Waals surface area contributed by atoms with E-state index in [1.807, 2.05) is 0 Å². The van der Waals surface area contributed by atoms with Crippen LogP contribution < -0.4 is 0 Å². The van der Waals surface area contributed by atoms with Crippen LogP contribution in [0, 0.1) is 0 Å². The van der Waals surface area contributed by atoms with Crippen molar-refractivity contribution in [3.05, 3.63) is 0 Å². The summed E-state index contributed by atoms with van der Waals surface area (Å²) < 4.78 is 43.5. The van der Waals surface area contributed by atoms with Crippen molar-refractivity contribution in [1.82, 2.24) is 4.31 Å². The zero-order valence-electron chi connectivity index (χ0n) is 6.92. The Morgan fingerprint density at radius 1 is 1.46 bits per heavy atom. The summed E-state index contributed by atoms with van der Waals surface area (Å²) in [6, 6.07) is 0. The van der Waals surface area contributed by atoms with Crippen molar-refractivity contribution in [2.24, 2.45) is 0 Å². The topological polar surface area (TPSA) is 94.9 Å². The lowest BCUT2D eigenvalue weighted by Gasteiger charge is -2.14. The Morgan fingerprint density at radius 3 is 2.15 bits per heavy atom. The van der Waals surface area contributed by atoms with Crippen LogP contribution in [-0.4, -0.2) is 41.8 Å². The molecule has 2 N–H and O–H groups in total. The molecule has 0 aliphatic heterocycles. The van der Waals surface area contributed by atoms with Gasteiger partial charge in [0.15, 0.2) is 0 Å². The van der Waals surface area contributed by atoms with Gasteiger partial charge in [0.2, 0.25) is 0 Å². The normalized spacial score (nSPS) is 13.6. The van der Waals surface area contributed by atoms with Crippen LogP contribution in [0.5, 0.6) is 0 Å². The molecule has 0 saturated carbocycles. The molecule has 13 heavy (non-hydrogen) atoms. The van der Waals surface area contributed by atoms with E-state index in [4.69, 9.17) is 9.79 Å². The molecule has 80 valence electrons. The highest BCUT2D eigenvalue weighted by Gasteiger charge is 2.22. The minimum absolute atomic E-state index is 0.154. The summed E-state index contributed by atoms with van der Waals surface area (Å²) in [6.07, 6.45) is -0.677. The van der Waals surface area contributed by atoms with Crippen molar-refractivity contribution >= 4 is 18.0 Å². The van der Waals surface area contributed by atoms with Crippen molar-refractivity contribution in [3.8, 4) is 0 Å². The Bertz CT molecular complexity index is 298. The summed E-state index contributed by atoms with van der Waals surface area (Å²) >= 11 is 0. The summed E-state index contributed by atoms with van der Waals surface area (Å²) in [4.78, 5) is 16.8. The van der Waals surface area contributed by atoms with Crippen molar-refractivity contribution in [1.29, 1.82) is 0 Å². The minimum atomic E-state index is -4.85. The van der Waals surface area contributed by atoms with Crippen LogP contribution in [0.4, 0.5) is 3.89 Å². The van der Waals surface area contributed by atoms with E-state index < -0.39 is 30.7 Å². The molecule has 0 saturated heterocycles. The molecule has 0 aliphatic rings. The van der Waals surface area contributed by atoms with Gasteiger partial charge in [0.25, 0.3) is 0 Å². The maximum atomic E-state index is 12.3. The molecule has 0 amide bonds. The molecule has 0 rings (SSSR count). The first-order valence-corrected chi connectivity index (χ1v) is 6.55. The summed E-state index contributed by atoms with van der Waals surface area (Å²) in [6.45, 7) is 0.704. The average Bonchev–Trinajstić information content (AvgIpc) is 1.82. The van der Waals surface area contributed by atoms with E-state index in [0.717, 1.165) is 0 Å². The van der Waals surface area contributed by atoms with Crippen molar-refractivity contribution in [2.75, 3.05) is 19.3 Å². The van der Waals surface area contributed by atoms with Crippen molar-refractivity contribution in [2.45, 2.75) is 6.92 Å². The molecule has 0 radical (unpaired) electrons. The zero-order chi connectivity index (χ0) is 10.7. The molecule has 0 heterocycles. The Kier molecular flexibility index (Phi) is 4.47. The highest BCUT2D eigenvalue weighted by atomic mass is 32.3. The molecule has 0 aromatic carbocycles. The second-order valence-electron chi connectivity index (χ2n) is 2.32. The van der Waals surface area contributed by atoms with Crippen LogP contribution in [0.1, 0.15) is 6.92 Å². The predicted molar refractivity (Wildman–Crippen MR) is 44.2 cm³/mol. The quantitative estimate of drug-likeness (QED) is 0.504. The Hall–Kier alpha value is -0.0100.